The van der Waals surface area contributed by atoms with Gasteiger partial charge in [-0.05, 0) is 37.0 Å². The molecule has 0 N–H and O–H groups in total. The third kappa shape index (κ3) is 5.89. The number of ether oxygens (including phenoxy) is 1. The zero-order valence-electron chi connectivity index (χ0n) is 10.5. The number of carbonyl (C=O) groups excluding carboxylic acids is 4. The average molecular weight is 313 g/mol. The van der Waals surface area contributed by atoms with Crippen LogP contribution in [0.5, 0.6) is 0 Å². The van der Waals surface area contributed by atoms with E-state index in [4.69, 9.17) is 23.2 Å². The van der Waals surface area contributed by atoms with Crippen LogP contribution in [0.15, 0.2) is 0 Å². The highest BCUT2D eigenvalue weighted by Crippen LogP contribution is 2.02. The van der Waals surface area contributed by atoms with Gasteiger partial charge in [-0.3, -0.25) is 19.3 Å². The predicted molar refractivity (Wildman–Crippen MR) is 68.1 cm³/mol. The van der Waals surface area contributed by atoms with Crippen molar-refractivity contribution in [2.75, 3.05) is 26.2 Å². The van der Waals surface area contributed by atoms with Crippen molar-refractivity contribution in [1.82, 2.24) is 9.80 Å². The van der Waals surface area contributed by atoms with E-state index in [1.807, 2.05) is 0 Å². The van der Waals surface area contributed by atoms with Crippen LogP contribution in [0, 0.1) is 0 Å². The summed E-state index contributed by atoms with van der Waals surface area (Å²) in [6.45, 7) is 3.20. The molecule has 7 nitrogen and oxygen atoms in total. The molecule has 0 heterocycles. The summed E-state index contributed by atoms with van der Waals surface area (Å²) in [5.41, 5.74) is 0. The van der Waals surface area contributed by atoms with Gasteiger partial charge in [0.25, 0.3) is 0 Å². The molecule has 0 aliphatic rings. The number of likely N-dealkylation sites (N-methyl/N-ethyl adjacent to an activating group) is 1. The minimum Gasteiger partial charge on any atom is -0.459 e. The number of imide groups is 1. The highest BCUT2D eigenvalue weighted by Gasteiger charge is 2.28. The monoisotopic (exact) mass is 312 g/mol. The van der Waals surface area contributed by atoms with Crippen LogP contribution >= 0.6 is 23.2 Å². The first-order chi connectivity index (χ1) is 8.84. The Balaban J connectivity index is 4.67. The molecule has 0 rings (SSSR count). The molecule has 0 aromatic heterocycles. The molecule has 9 heteroatoms. The fourth-order valence-electron chi connectivity index (χ4n) is 1.16. The van der Waals surface area contributed by atoms with Crippen LogP contribution in [0.2, 0.25) is 0 Å². The number of halogens is 2. The van der Waals surface area contributed by atoms with Gasteiger partial charge in [-0.25, -0.2) is 4.79 Å². The van der Waals surface area contributed by atoms with Gasteiger partial charge in [0, 0.05) is 19.6 Å². The van der Waals surface area contributed by atoms with E-state index in [1.165, 1.54) is 11.8 Å². The Morgan fingerprint density at radius 2 is 1.58 bits per heavy atom. The van der Waals surface area contributed by atoms with Gasteiger partial charge < -0.3 is 9.64 Å². The maximum absolute atomic E-state index is 11.6. The molecule has 0 fully saturated rings. The lowest BCUT2D eigenvalue weighted by atomic mass is 10.4. The maximum Gasteiger partial charge on any atom is 0.397 e. The van der Waals surface area contributed by atoms with Crippen molar-refractivity contribution in [1.29, 1.82) is 0 Å². The molecular weight excluding hydrogens is 299 g/mol. The van der Waals surface area contributed by atoms with E-state index >= 15 is 0 Å². The van der Waals surface area contributed by atoms with Crippen LogP contribution in [0.25, 0.3) is 0 Å². The summed E-state index contributed by atoms with van der Waals surface area (Å²) < 4.78 is 4.47. The van der Waals surface area contributed by atoms with E-state index in [2.05, 4.69) is 4.74 Å². The lowest BCUT2D eigenvalue weighted by Crippen LogP contribution is -2.44. The number of hydrogen-bond acceptors (Lipinski definition) is 5. The fourth-order valence-corrected chi connectivity index (χ4v) is 1.53. The molecule has 0 spiro atoms. The van der Waals surface area contributed by atoms with Crippen molar-refractivity contribution in [3.05, 3.63) is 0 Å². The van der Waals surface area contributed by atoms with Crippen LogP contribution in [0.3, 0.4) is 0 Å². The lowest BCUT2D eigenvalue weighted by Gasteiger charge is -2.22. The zero-order valence-corrected chi connectivity index (χ0v) is 12.0. The van der Waals surface area contributed by atoms with Crippen LogP contribution in [0.4, 0.5) is 9.59 Å². The largest absolute Gasteiger partial charge is 0.459 e. The summed E-state index contributed by atoms with van der Waals surface area (Å²) in [7, 11) is 0. The minimum atomic E-state index is -1.18. The summed E-state index contributed by atoms with van der Waals surface area (Å²) in [5.74, 6) is -2.36. The normalized spacial score (nSPS) is 9.68. The highest BCUT2D eigenvalue weighted by molar-refractivity contribution is 6.65. The molecule has 0 unspecified atom stereocenters. The highest BCUT2D eigenvalue weighted by atomic mass is 35.5. The first-order valence-corrected chi connectivity index (χ1v) is 6.23. The molecule has 0 bridgehead atoms. The molecule has 0 aliphatic heterocycles. The first-order valence-electron chi connectivity index (χ1n) is 5.47. The minimum absolute atomic E-state index is 0.00383. The maximum atomic E-state index is 11.6. The second kappa shape index (κ2) is 8.71. The molecule has 0 atom stereocenters. The van der Waals surface area contributed by atoms with Gasteiger partial charge in [-0.1, -0.05) is 0 Å². The number of hydrogen-bond donors (Lipinski definition) is 0. The summed E-state index contributed by atoms with van der Waals surface area (Å²) >= 11 is 10.5. The molecule has 0 aliphatic carbocycles. The molecule has 108 valence electrons. The Kier molecular flexibility index (Phi) is 8.09. The van der Waals surface area contributed by atoms with Gasteiger partial charge >= 0.3 is 22.6 Å². The Labute approximate surface area is 120 Å². The van der Waals surface area contributed by atoms with Crippen molar-refractivity contribution in [3.63, 3.8) is 0 Å². The zero-order chi connectivity index (χ0) is 15.0. The summed E-state index contributed by atoms with van der Waals surface area (Å²) in [5, 5.41) is -1.86. The third-order valence-electron chi connectivity index (χ3n) is 2.13. The van der Waals surface area contributed by atoms with Crippen molar-refractivity contribution in [3.8, 4) is 0 Å². The molecule has 19 heavy (non-hydrogen) atoms. The summed E-state index contributed by atoms with van der Waals surface area (Å²) in [4.78, 5) is 46.5. The van der Waals surface area contributed by atoms with Gasteiger partial charge in [0.15, 0.2) is 0 Å². The molecule has 0 saturated carbocycles. The van der Waals surface area contributed by atoms with E-state index in [-0.39, 0.29) is 19.7 Å². The van der Waals surface area contributed by atoms with E-state index in [0.717, 1.165) is 0 Å². The Hall–Kier alpha value is -1.34. The third-order valence-corrected chi connectivity index (χ3v) is 2.57. The van der Waals surface area contributed by atoms with E-state index in [9.17, 15) is 19.2 Å². The fraction of sp³-hybridized carbons (Fsp3) is 0.600. The summed E-state index contributed by atoms with van der Waals surface area (Å²) in [6.07, 6.45) is 0. The van der Waals surface area contributed by atoms with Crippen LogP contribution in [-0.4, -0.2) is 58.7 Å². The van der Waals surface area contributed by atoms with Crippen molar-refractivity contribution >= 4 is 45.8 Å². The summed E-state index contributed by atoms with van der Waals surface area (Å²) in [6, 6.07) is 0. The van der Waals surface area contributed by atoms with Gasteiger partial charge in [-0.2, -0.15) is 0 Å². The second-order valence-corrected chi connectivity index (χ2v) is 3.91. The van der Waals surface area contributed by atoms with Gasteiger partial charge in [0.05, 0.1) is 6.61 Å². The number of rotatable bonds is 5. The molecular formula is C10H14Cl2N2O5. The van der Waals surface area contributed by atoms with Gasteiger partial charge in [0.2, 0.25) is 0 Å². The predicted octanol–water partition coefficient (Wildman–Crippen LogP) is 1.42. The topological polar surface area (TPSA) is 84.0 Å². The van der Waals surface area contributed by atoms with Gasteiger partial charge in [0.1, 0.15) is 0 Å². The molecule has 0 aromatic carbocycles. The van der Waals surface area contributed by atoms with Crippen molar-refractivity contribution < 1.29 is 23.9 Å². The number of carbonyl (C=O) groups is 4. The first kappa shape index (κ1) is 17.7. The SMILES string of the molecule is CCOC(=O)C(=O)N(CCN(CC)C(=O)Cl)C(=O)Cl. The Morgan fingerprint density at radius 1 is 1.00 bits per heavy atom. The van der Waals surface area contributed by atoms with E-state index in [1.54, 1.807) is 6.92 Å². The van der Waals surface area contributed by atoms with Crippen LogP contribution in [-0.2, 0) is 14.3 Å². The van der Waals surface area contributed by atoms with Crippen molar-refractivity contribution in [2.45, 2.75) is 13.8 Å². The number of nitrogens with zero attached hydrogens (tertiary/aromatic N) is 2. The lowest BCUT2D eigenvalue weighted by molar-refractivity contribution is -0.158. The molecule has 0 radical (unpaired) electrons. The Bertz CT molecular complexity index is 375. The van der Waals surface area contributed by atoms with Crippen LogP contribution < -0.4 is 0 Å². The van der Waals surface area contributed by atoms with Gasteiger partial charge in [-0.15, -0.1) is 0 Å². The molecule has 0 saturated heterocycles. The van der Waals surface area contributed by atoms with Crippen LogP contribution in [0.1, 0.15) is 13.8 Å². The molecule has 3 amide bonds. The molecule has 0 aromatic rings. The van der Waals surface area contributed by atoms with Crippen molar-refractivity contribution in [2.24, 2.45) is 0 Å². The van der Waals surface area contributed by atoms with E-state index < -0.39 is 22.6 Å². The second-order valence-electron chi connectivity index (χ2n) is 3.26. The average Bonchev–Trinajstić information content (AvgIpc) is 2.33. The smallest absolute Gasteiger partial charge is 0.397 e. The standard InChI is InChI=1S/C10H14Cl2N2O5/c1-3-13(9(11)17)5-6-14(10(12)18)7(15)8(16)19-4-2/h3-6H2,1-2H3. The number of amides is 3. The quantitative estimate of drug-likeness (QED) is 0.332. The number of esters is 1. The van der Waals surface area contributed by atoms with E-state index in [0.29, 0.717) is 11.4 Å². The Morgan fingerprint density at radius 3 is 1.95 bits per heavy atom.